The summed E-state index contributed by atoms with van der Waals surface area (Å²) in [7, 11) is 0. The van der Waals surface area contributed by atoms with E-state index in [0.717, 1.165) is 20.9 Å². The van der Waals surface area contributed by atoms with E-state index in [1.807, 2.05) is 72.8 Å². The first kappa shape index (κ1) is 18.2. The second-order valence-electron chi connectivity index (χ2n) is 5.93. The predicted octanol–water partition coefficient (Wildman–Crippen LogP) is 2.66. The minimum Gasteiger partial charge on any atom is -0.192 e. The van der Waals surface area contributed by atoms with E-state index in [1.165, 1.54) is 0 Å². The Balaban J connectivity index is 2.16. The maximum atomic E-state index is 8.94. The summed E-state index contributed by atoms with van der Waals surface area (Å²) in [4.78, 5) is 0. The number of rotatable bonds is 0. The highest BCUT2D eigenvalue weighted by atomic mass is 14.3. The van der Waals surface area contributed by atoms with Gasteiger partial charge in [-0.15, -0.1) is 0 Å². The zero-order chi connectivity index (χ0) is 19.9. The molecule has 0 radical (unpaired) electrons. The second kappa shape index (κ2) is 8.16. The monoisotopic (exact) mass is 356 g/mol. The standard InChI is InChI=1S/C24H12N4/c25-13-23(14-26)21-9-5-19(6-10-21)17-1-2-18(4-3-17)20-7-11-22(12-8-20)24(15-27)16-28/h1-12H. The first-order chi connectivity index (χ1) is 13.7. The first-order valence-corrected chi connectivity index (χ1v) is 8.36. The van der Waals surface area contributed by atoms with Crippen molar-refractivity contribution in [3.63, 3.8) is 0 Å². The molecule has 3 aromatic rings. The van der Waals surface area contributed by atoms with Gasteiger partial charge in [-0.25, -0.2) is 0 Å². The molecular weight excluding hydrogens is 344 g/mol. The fraction of sp³-hybridized carbons (Fsp3) is 0. The zero-order valence-corrected chi connectivity index (χ0v) is 14.7. The summed E-state index contributed by atoms with van der Waals surface area (Å²) in [6.07, 6.45) is 0. The molecular formula is C24H12N4. The van der Waals surface area contributed by atoms with E-state index in [2.05, 4.69) is 0 Å². The topological polar surface area (TPSA) is 95.2 Å². The normalized spacial score (nSPS) is 9.29. The summed E-state index contributed by atoms with van der Waals surface area (Å²) in [5.74, 6) is 0. The zero-order valence-electron chi connectivity index (χ0n) is 14.7. The molecule has 4 nitrogen and oxygen atoms in total. The Hall–Kier alpha value is -4.64. The van der Waals surface area contributed by atoms with Gasteiger partial charge in [0.05, 0.1) is 0 Å². The summed E-state index contributed by atoms with van der Waals surface area (Å²) in [6, 6.07) is 30.2. The molecule has 0 aliphatic carbocycles. The third-order valence-electron chi connectivity index (χ3n) is 4.35. The van der Waals surface area contributed by atoms with Crippen molar-refractivity contribution in [3.05, 3.63) is 104 Å². The van der Waals surface area contributed by atoms with E-state index in [9.17, 15) is 0 Å². The fourth-order valence-corrected chi connectivity index (χ4v) is 2.82. The highest BCUT2D eigenvalue weighted by Gasteiger charge is 1.94. The molecule has 0 spiro atoms. The maximum Gasteiger partial charge on any atom is 0.136 e. The van der Waals surface area contributed by atoms with Crippen LogP contribution in [0.4, 0.5) is 0 Å². The van der Waals surface area contributed by atoms with Gasteiger partial charge in [0.15, 0.2) is 0 Å². The van der Waals surface area contributed by atoms with E-state index in [4.69, 9.17) is 21.0 Å². The van der Waals surface area contributed by atoms with Crippen molar-refractivity contribution in [1.82, 2.24) is 0 Å². The van der Waals surface area contributed by atoms with Crippen LogP contribution in [0.2, 0.25) is 0 Å². The number of nitriles is 4. The molecule has 0 unspecified atom stereocenters. The Morgan fingerprint density at radius 3 is 0.821 bits per heavy atom. The average Bonchev–Trinajstić information content (AvgIpc) is 2.77. The Morgan fingerprint density at radius 1 is 0.393 bits per heavy atom. The molecule has 0 fully saturated rings. The molecule has 0 N–H and O–H groups in total. The quantitative estimate of drug-likeness (QED) is 0.619. The van der Waals surface area contributed by atoms with Gasteiger partial charge in [-0.1, -0.05) is 72.8 Å². The molecule has 128 valence electrons. The van der Waals surface area contributed by atoms with Gasteiger partial charge in [0, 0.05) is 10.4 Å². The molecule has 0 aromatic heterocycles. The molecule has 0 aliphatic heterocycles. The SMILES string of the molecule is N#CC(C#N)=c1ccc(=c2ccc(=c3ccc(=C(C#N)C#N)cc3)cc2)cc1. The third kappa shape index (κ3) is 3.63. The number of hydrogen-bond donors (Lipinski definition) is 0. The van der Waals surface area contributed by atoms with E-state index in [1.54, 1.807) is 24.3 Å². The fourth-order valence-electron chi connectivity index (χ4n) is 2.82. The highest BCUT2D eigenvalue weighted by Crippen LogP contribution is 2.01. The Morgan fingerprint density at radius 2 is 0.607 bits per heavy atom. The molecule has 0 aliphatic rings. The molecule has 0 heterocycles. The number of nitrogens with zero attached hydrogens (tertiary/aromatic N) is 4. The minimum atomic E-state index is 0.0959. The van der Waals surface area contributed by atoms with Crippen LogP contribution in [0, 0.1) is 66.2 Å². The van der Waals surface area contributed by atoms with Gasteiger partial charge >= 0.3 is 0 Å². The van der Waals surface area contributed by atoms with Gasteiger partial charge in [0.1, 0.15) is 35.4 Å². The van der Waals surface area contributed by atoms with Crippen molar-refractivity contribution in [2.45, 2.75) is 0 Å². The molecule has 3 rings (SSSR count). The average molecular weight is 356 g/mol. The minimum absolute atomic E-state index is 0.0959. The van der Waals surface area contributed by atoms with Crippen LogP contribution in [0.3, 0.4) is 0 Å². The molecule has 0 amide bonds. The van der Waals surface area contributed by atoms with Crippen molar-refractivity contribution in [2.75, 3.05) is 0 Å². The van der Waals surface area contributed by atoms with E-state index >= 15 is 0 Å². The van der Waals surface area contributed by atoms with E-state index in [-0.39, 0.29) is 11.1 Å². The molecule has 0 saturated heterocycles. The molecule has 0 atom stereocenters. The number of benzene rings is 3. The summed E-state index contributed by atoms with van der Waals surface area (Å²) < 4.78 is 0. The molecule has 0 saturated carbocycles. The predicted molar refractivity (Wildman–Crippen MR) is 103 cm³/mol. The van der Waals surface area contributed by atoms with Crippen LogP contribution in [0.25, 0.3) is 11.1 Å². The lowest BCUT2D eigenvalue weighted by Crippen LogP contribution is -2.02. The van der Waals surface area contributed by atoms with Crippen molar-refractivity contribution in [3.8, 4) is 24.3 Å². The largest absolute Gasteiger partial charge is 0.192 e. The van der Waals surface area contributed by atoms with Crippen LogP contribution in [0.1, 0.15) is 0 Å². The van der Waals surface area contributed by atoms with Crippen LogP contribution < -0.4 is 10.4 Å². The van der Waals surface area contributed by atoms with Crippen LogP contribution in [-0.2, 0) is 0 Å². The van der Waals surface area contributed by atoms with E-state index < -0.39 is 0 Å². The lowest BCUT2D eigenvalue weighted by Gasteiger charge is -1.93. The smallest absolute Gasteiger partial charge is 0.136 e. The summed E-state index contributed by atoms with van der Waals surface area (Å²) in [6.45, 7) is 0. The summed E-state index contributed by atoms with van der Waals surface area (Å²) in [5.41, 5.74) is 0.192. The van der Waals surface area contributed by atoms with Crippen molar-refractivity contribution >= 4 is 11.1 Å². The van der Waals surface area contributed by atoms with Crippen LogP contribution in [-0.4, -0.2) is 0 Å². The summed E-state index contributed by atoms with van der Waals surface area (Å²) in [5, 5.41) is 41.0. The van der Waals surface area contributed by atoms with Crippen molar-refractivity contribution in [2.24, 2.45) is 0 Å². The summed E-state index contributed by atoms with van der Waals surface area (Å²) >= 11 is 0. The molecule has 28 heavy (non-hydrogen) atoms. The lowest BCUT2D eigenvalue weighted by molar-refractivity contribution is 1.41. The molecule has 4 heteroatoms. The first-order valence-electron chi connectivity index (χ1n) is 8.36. The molecule has 0 bridgehead atoms. The second-order valence-corrected chi connectivity index (χ2v) is 5.93. The third-order valence-corrected chi connectivity index (χ3v) is 4.35. The van der Waals surface area contributed by atoms with Gasteiger partial charge in [0.2, 0.25) is 0 Å². The number of hydrogen-bond acceptors (Lipinski definition) is 4. The Labute approximate surface area is 161 Å². The molecule has 3 aromatic carbocycles. The van der Waals surface area contributed by atoms with Crippen LogP contribution in [0.5, 0.6) is 0 Å². The van der Waals surface area contributed by atoms with Gasteiger partial charge in [-0.3, -0.25) is 0 Å². The van der Waals surface area contributed by atoms with Gasteiger partial charge in [-0.05, 0) is 20.9 Å². The van der Waals surface area contributed by atoms with Crippen molar-refractivity contribution in [1.29, 1.82) is 21.0 Å². The Bertz CT molecular complexity index is 1330. The van der Waals surface area contributed by atoms with Gasteiger partial charge in [-0.2, -0.15) is 21.0 Å². The maximum absolute atomic E-state index is 8.94. The highest BCUT2D eigenvalue weighted by molar-refractivity contribution is 5.72. The van der Waals surface area contributed by atoms with Crippen LogP contribution >= 0.6 is 0 Å². The van der Waals surface area contributed by atoms with Crippen LogP contribution in [0.15, 0.2) is 72.8 Å². The van der Waals surface area contributed by atoms with Gasteiger partial charge in [0.25, 0.3) is 0 Å². The van der Waals surface area contributed by atoms with Gasteiger partial charge < -0.3 is 0 Å². The van der Waals surface area contributed by atoms with Crippen molar-refractivity contribution < 1.29 is 0 Å². The lowest BCUT2D eigenvalue weighted by atomic mass is 10.1. The Kier molecular flexibility index (Phi) is 5.29. The van der Waals surface area contributed by atoms with E-state index in [0.29, 0.717) is 10.4 Å².